The molecule has 2 aromatic heterocycles. The van der Waals surface area contributed by atoms with Crippen molar-refractivity contribution < 1.29 is 4.79 Å². The molecule has 1 N–H and O–H groups in total. The lowest BCUT2D eigenvalue weighted by atomic mass is 10.0. The summed E-state index contributed by atoms with van der Waals surface area (Å²) in [5, 5.41) is 3.06. The SMILES string of the molecule is Cn1c(=O)c2c(ncn2CC(=O)N[C@H]2CCSc3ccccc32)n(C)c1=O. The zero-order chi connectivity index (χ0) is 19.1. The van der Waals surface area contributed by atoms with Crippen LogP contribution in [0.2, 0.25) is 0 Å². The number of carbonyl (C=O) groups is 1. The molecule has 4 rings (SSSR count). The highest BCUT2D eigenvalue weighted by molar-refractivity contribution is 7.99. The Morgan fingerprint density at radius 1 is 1.26 bits per heavy atom. The van der Waals surface area contributed by atoms with Gasteiger partial charge in [-0.3, -0.25) is 18.7 Å². The van der Waals surface area contributed by atoms with E-state index in [1.807, 2.05) is 18.2 Å². The van der Waals surface area contributed by atoms with Crippen LogP contribution in [0.4, 0.5) is 0 Å². The Morgan fingerprint density at radius 2 is 2.04 bits per heavy atom. The maximum Gasteiger partial charge on any atom is 0.332 e. The van der Waals surface area contributed by atoms with Crippen molar-refractivity contribution in [3.8, 4) is 0 Å². The second kappa shape index (κ2) is 6.73. The minimum atomic E-state index is -0.460. The highest BCUT2D eigenvalue weighted by Crippen LogP contribution is 2.35. The normalized spacial score (nSPS) is 16.3. The Hall–Kier alpha value is -2.81. The number of aryl methyl sites for hydroxylation is 1. The van der Waals surface area contributed by atoms with Crippen molar-refractivity contribution in [2.24, 2.45) is 14.1 Å². The second-order valence-electron chi connectivity index (χ2n) is 6.55. The number of rotatable bonds is 3. The number of hydrogen-bond donors (Lipinski definition) is 1. The van der Waals surface area contributed by atoms with E-state index in [4.69, 9.17) is 0 Å². The standard InChI is InChI=1S/C18H19N5O3S/c1-21-16-15(17(25)22(2)18(21)26)23(10-19-16)9-14(24)20-12-7-8-27-13-6-4-3-5-11(12)13/h3-6,10,12H,7-9H2,1-2H3,(H,20,24)/t12-/m0/s1. The van der Waals surface area contributed by atoms with E-state index in [9.17, 15) is 14.4 Å². The Kier molecular flexibility index (Phi) is 4.39. The molecule has 1 aliphatic rings. The lowest BCUT2D eigenvalue weighted by Gasteiger charge is -2.26. The summed E-state index contributed by atoms with van der Waals surface area (Å²) in [6.07, 6.45) is 2.28. The number of hydrogen-bond acceptors (Lipinski definition) is 5. The Balaban J connectivity index is 1.62. The highest BCUT2D eigenvalue weighted by Gasteiger charge is 2.23. The van der Waals surface area contributed by atoms with Gasteiger partial charge in [-0.05, 0) is 18.1 Å². The van der Waals surface area contributed by atoms with Crippen molar-refractivity contribution in [2.45, 2.75) is 23.9 Å². The van der Waals surface area contributed by atoms with Crippen LogP contribution in [0, 0.1) is 0 Å². The quantitative estimate of drug-likeness (QED) is 0.720. The van der Waals surface area contributed by atoms with E-state index in [0.717, 1.165) is 22.3 Å². The van der Waals surface area contributed by atoms with Crippen LogP contribution in [-0.2, 0) is 25.4 Å². The van der Waals surface area contributed by atoms with Crippen LogP contribution in [0.3, 0.4) is 0 Å². The molecule has 0 unspecified atom stereocenters. The van der Waals surface area contributed by atoms with Crippen LogP contribution in [0.15, 0.2) is 45.1 Å². The number of fused-ring (bicyclic) bond motifs is 2. The molecule has 0 saturated heterocycles. The van der Waals surface area contributed by atoms with E-state index in [1.165, 1.54) is 27.4 Å². The molecule has 9 heteroatoms. The van der Waals surface area contributed by atoms with Gasteiger partial charge in [0.05, 0.1) is 12.4 Å². The Labute approximate surface area is 158 Å². The van der Waals surface area contributed by atoms with Gasteiger partial charge in [0.25, 0.3) is 5.56 Å². The smallest absolute Gasteiger partial charge is 0.332 e. The lowest BCUT2D eigenvalue weighted by molar-refractivity contribution is -0.122. The van der Waals surface area contributed by atoms with Crippen molar-refractivity contribution in [2.75, 3.05) is 5.75 Å². The van der Waals surface area contributed by atoms with Crippen molar-refractivity contribution in [1.29, 1.82) is 0 Å². The predicted molar refractivity (Wildman–Crippen MR) is 103 cm³/mol. The summed E-state index contributed by atoms with van der Waals surface area (Å²) < 4.78 is 3.82. The van der Waals surface area contributed by atoms with E-state index >= 15 is 0 Å². The number of nitrogens with one attached hydrogen (secondary N) is 1. The fourth-order valence-electron chi connectivity index (χ4n) is 3.40. The van der Waals surface area contributed by atoms with Gasteiger partial charge < -0.3 is 9.88 Å². The third-order valence-electron chi connectivity index (χ3n) is 4.82. The number of carbonyl (C=O) groups excluding carboxylic acids is 1. The average Bonchev–Trinajstić information content (AvgIpc) is 3.08. The summed E-state index contributed by atoms with van der Waals surface area (Å²) >= 11 is 1.79. The average molecular weight is 385 g/mol. The molecule has 8 nitrogen and oxygen atoms in total. The number of thioether (sulfide) groups is 1. The van der Waals surface area contributed by atoms with Crippen molar-refractivity contribution >= 4 is 28.8 Å². The molecule has 27 heavy (non-hydrogen) atoms. The maximum atomic E-state index is 12.6. The molecule has 0 saturated carbocycles. The summed E-state index contributed by atoms with van der Waals surface area (Å²) in [5.74, 6) is 0.746. The first-order valence-electron chi connectivity index (χ1n) is 8.59. The molecule has 0 bridgehead atoms. The van der Waals surface area contributed by atoms with E-state index in [2.05, 4.69) is 16.4 Å². The topological polar surface area (TPSA) is 90.9 Å². The van der Waals surface area contributed by atoms with Gasteiger partial charge in [-0.1, -0.05) is 18.2 Å². The minimum Gasteiger partial charge on any atom is -0.348 e. The predicted octanol–water partition coefficient (Wildman–Crippen LogP) is 0.787. The van der Waals surface area contributed by atoms with Gasteiger partial charge in [0.1, 0.15) is 6.54 Å². The van der Waals surface area contributed by atoms with Crippen molar-refractivity contribution in [3.05, 3.63) is 57.0 Å². The van der Waals surface area contributed by atoms with Crippen LogP contribution < -0.4 is 16.6 Å². The largest absolute Gasteiger partial charge is 0.348 e. The summed E-state index contributed by atoms with van der Waals surface area (Å²) in [6, 6.07) is 8.01. The van der Waals surface area contributed by atoms with Crippen LogP contribution in [0.25, 0.3) is 11.2 Å². The highest BCUT2D eigenvalue weighted by atomic mass is 32.2. The van der Waals surface area contributed by atoms with E-state index in [0.29, 0.717) is 0 Å². The van der Waals surface area contributed by atoms with Crippen LogP contribution in [0.5, 0.6) is 0 Å². The number of imidazole rings is 1. The summed E-state index contributed by atoms with van der Waals surface area (Å²) in [7, 11) is 2.97. The van der Waals surface area contributed by atoms with Crippen LogP contribution in [-0.4, -0.2) is 30.3 Å². The van der Waals surface area contributed by atoms with Gasteiger partial charge in [0.2, 0.25) is 5.91 Å². The van der Waals surface area contributed by atoms with Gasteiger partial charge >= 0.3 is 5.69 Å². The van der Waals surface area contributed by atoms with Crippen LogP contribution >= 0.6 is 11.8 Å². The molecule has 1 aliphatic heterocycles. The zero-order valence-electron chi connectivity index (χ0n) is 15.0. The molecule has 140 valence electrons. The first kappa shape index (κ1) is 17.6. The molecule has 0 fully saturated rings. The third-order valence-corrected chi connectivity index (χ3v) is 5.95. The lowest BCUT2D eigenvalue weighted by Crippen LogP contribution is -2.38. The van der Waals surface area contributed by atoms with Crippen molar-refractivity contribution in [3.63, 3.8) is 0 Å². The second-order valence-corrected chi connectivity index (χ2v) is 7.68. The van der Waals surface area contributed by atoms with Crippen LogP contribution in [0.1, 0.15) is 18.0 Å². The van der Waals surface area contributed by atoms with Crippen molar-refractivity contribution in [1.82, 2.24) is 24.0 Å². The number of benzene rings is 1. The maximum absolute atomic E-state index is 12.6. The molecule has 1 amide bonds. The fourth-order valence-corrected chi connectivity index (χ4v) is 4.53. The summed E-state index contributed by atoms with van der Waals surface area (Å²) in [6.45, 7) is -0.0320. The molecule has 0 aliphatic carbocycles. The molecule has 1 atom stereocenters. The molecule has 1 aromatic carbocycles. The summed E-state index contributed by atoms with van der Waals surface area (Å²) in [5.41, 5.74) is 0.733. The number of nitrogens with zero attached hydrogens (tertiary/aromatic N) is 4. The molecule has 3 heterocycles. The molecule has 0 radical (unpaired) electrons. The summed E-state index contributed by atoms with van der Waals surface area (Å²) in [4.78, 5) is 42.5. The van der Waals surface area contributed by atoms with Gasteiger partial charge in [-0.15, -0.1) is 11.8 Å². The van der Waals surface area contributed by atoms with Gasteiger partial charge in [-0.2, -0.15) is 0 Å². The number of amides is 1. The van der Waals surface area contributed by atoms with E-state index in [-0.39, 0.29) is 29.7 Å². The third kappa shape index (κ3) is 2.97. The molecule has 3 aromatic rings. The Bertz CT molecular complexity index is 1160. The Morgan fingerprint density at radius 3 is 2.85 bits per heavy atom. The van der Waals surface area contributed by atoms with Gasteiger partial charge in [-0.25, -0.2) is 9.78 Å². The zero-order valence-corrected chi connectivity index (χ0v) is 15.8. The minimum absolute atomic E-state index is 0.0320. The van der Waals surface area contributed by atoms with Gasteiger partial charge in [0, 0.05) is 24.7 Å². The molecular formula is C18H19N5O3S. The van der Waals surface area contributed by atoms with E-state index < -0.39 is 11.2 Å². The fraction of sp³-hybridized carbons (Fsp3) is 0.333. The molecule has 0 spiro atoms. The monoisotopic (exact) mass is 385 g/mol. The van der Waals surface area contributed by atoms with E-state index in [1.54, 1.807) is 18.8 Å². The first-order chi connectivity index (χ1) is 13.0. The molecular weight excluding hydrogens is 366 g/mol. The van der Waals surface area contributed by atoms with Gasteiger partial charge in [0.15, 0.2) is 11.2 Å². The first-order valence-corrected chi connectivity index (χ1v) is 9.58. The number of aromatic nitrogens is 4.